The van der Waals surface area contributed by atoms with Crippen LogP contribution in [0, 0.1) is 0 Å². The summed E-state index contributed by atoms with van der Waals surface area (Å²) in [5.41, 5.74) is 0. The van der Waals surface area contributed by atoms with E-state index in [1.807, 2.05) is 4.90 Å². The Labute approximate surface area is 105 Å². The molecular formula is C11H15ClN4O. The molecule has 0 unspecified atom stereocenters. The number of piperidine rings is 1. The summed E-state index contributed by atoms with van der Waals surface area (Å²) in [7, 11) is 0. The van der Waals surface area contributed by atoms with Crippen molar-refractivity contribution < 1.29 is 4.79 Å². The standard InChI is InChI=1S/C11H15ClN4O/c12-10-11(14-5-4-13-10)15-8-9(17)16-6-2-1-3-7-16/h4-5H,1-3,6-8H2,(H,14,15). The Kier molecular flexibility index (Phi) is 4.14. The van der Waals surface area contributed by atoms with Crippen molar-refractivity contribution in [3.8, 4) is 0 Å². The molecule has 2 heterocycles. The summed E-state index contributed by atoms with van der Waals surface area (Å²) >= 11 is 5.83. The molecule has 1 aromatic rings. The number of hydrogen-bond acceptors (Lipinski definition) is 4. The minimum absolute atomic E-state index is 0.0893. The normalized spacial score (nSPS) is 15.7. The first-order valence-corrected chi connectivity index (χ1v) is 6.13. The van der Waals surface area contributed by atoms with Gasteiger partial charge in [0.15, 0.2) is 11.0 Å². The number of hydrogen-bond donors (Lipinski definition) is 1. The van der Waals surface area contributed by atoms with Crippen LogP contribution in [0.2, 0.25) is 5.15 Å². The highest BCUT2D eigenvalue weighted by atomic mass is 35.5. The third kappa shape index (κ3) is 3.30. The molecule has 1 N–H and O–H groups in total. The summed E-state index contributed by atoms with van der Waals surface area (Å²) in [5, 5.41) is 3.20. The van der Waals surface area contributed by atoms with Gasteiger partial charge in [0.2, 0.25) is 5.91 Å². The Morgan fingerprint density at radius 1 is 1.29 bits per heavy atom. The average molecular weight is 255 g/mol. The van der Waals surface area contributed by atoms with Crippen molar-refractivity contribution in [1.82, 2.24) is 14.9 Å². The van der Waals surface area contributed by atoms with E-state index in [1.165, 1.54) is 12.6 Å². The van der Waals surface area contributed by atoms with Gasteiger partial charge >= 0.3 is 0 Å². The first kappa shape index (κ1) is 12.1. The molecule has 0 radical (unpaired) electrons. The first-order chi connectivity index (χ1) is 8.27. The topological polar surface area (TPSA) is 58.1 Å². The minimum atomic E-state index is 0.0893. The average Bonchev–Trinajstić information content (AvgIpc) is 2.38. The summed E-state index contributed by atoms with van der Waals surface area (Å²) in [5.74, 6) is 0.547. The van der Waals surface area contributed by atoms with Crippen LogP contribution in [0.5, 0.6) is 0 Å². The Morgan fingerprint density at radius 2 is 2.00 bits per heavy atom. The van der Waals surface area contributed by atoms with E-state index in [2.05, 4.69) is 15.3 Å². The van der Waals surface area contributed by atoms with E-state index < -0.39 is 0 Å². The number of rotatable bonds is 3. The summed E-state index contributed by atoms with van der Waals surface area (Å²) in [6, 6.07) is 0. The first-order valence-electron chi connectivity index (χ1n) is 5.75. The van der Waals surface area contributed by atoms with Crippen LogP contribution in [-0.2, 0) is 4.79 Å². The van der Waals surface area contributed by atoms with Crippen molar-refractivity contribution in [3.05, 3.63) is 17.5 Å². The fourth-order valence-corrected chi connectivity index (χ4v) is 2.03. The Morgan fingerprint density at radius 3 is 2.71 bits per heavy atom. The van der Waals surface area contributed by atoms with Crippen molar-refractivity contribution in [2.75, 3.05) is 25.0 Å². The number of carbonyl (C=O) groups is 1. The number of nitrogens with one attached hydrogen (secondary N) is 1. The molecule has 1 aliphatic heterocycles. The number of amides is 1. The van der Waals surface area contributed by atoms with E-state index in [-0.39, 0.29) is 12.5 Å². The molecule has 1 fully saturated rings. The lowest BCUT2D eigenvalue weighted by atomic mass is 10.1. The van der Waals surface area contributed by atoms with Crippen LogP contribution in [0.25, 0.3) is 0 Å². The van der Waals surface area contributed by atoms with Gasteiger partial charge in [-0.3, -0.25) is 4.79 Å². The fraction of sp³-hybridized carbons (Fsp3) is 0.545. The molecule has 0 aliphatic carbocycles. The molecule has 1 saturated heterocycles. The molecule has 1 aliphatic rings. The Hall–Kier alpha value is -1.36. The number of carbonyl (C=O) groups excluding carboxylic acids is 1. The summed E-state index contributed by atoms with van der Waals surface area (Å²) in [6.07, 6.45) is 6.46. The van der Waals surface area contributed by atoms with Gasteiger partial charge in [-0.1, -0.05) is 11.6 Å². The van der Waals surface area contributed by atoms with Gasteiger partial charge in [0.25, 0.3) is 0 Å². The van der Waals surface area contributed by atoms with Crippen molar-refractivity contribution in [3.63, 3.8) is 0 Å². The van der Waals surface area contributed by atoms with Gasteiger partial charge in [-0.15, -0.1) is 0 Å². The minimum Gasteiger partial charge on any atom is -0.358 e. The maximum Gasteiger partial charge on any atom is 0.241 e. The third-order valence-corrected chi connectivity index (χ3v) is 3.05. The molecule has 17 heavy (non-hydrogen) atoms. The van der Waals surface area contributed by atoms with E-state index in [9.17, 15) is 4.79 Å². The van der Waals surface area contributed by atoms with Gasteiger partial charge in [0.05, 0.1) is 6.54 Å². The molecule has 0 bridgehead atoms. The smallest absolute Gasteiger partial charge is 0.241 e. The van der Waals surface area contributed by atoms with Crippen LogP contribution < -0.4 is 5.32 Å². The molecular weight excluding hydrogens is 240 g/mol. The number of nitrogens with zero attached hydrogens (tertiary/aromatic N) is 3. The molecule has 0 aromatic carbocycles. The van der Waals surface area contributed by atoms with Crippen LogP contribution >= 0.6 is 11.6 Å². The van der Waals surface area contributed by atoms with Crippen LogP contribution in [0.1, 0.15) is 19.3 Å². The second-order valence-corrected chi connectivity index (χ2v) is 4.35. The summed E-state index contributed by atoms with van der Waals surface area (Å²) < 4.78 is 0. The van der Waals surface area contributed by atoms with E-state index in [0.29, 0.717) is 11.0 Å². The van der Waals surface area contributed by atoms with Gasteiger partial charge in [-0.25, -0.2) is 9.97 Å². The SMILES string of the molecule is O=C(CNc1nccnc1Cl)N1CCCCC1. The molecule has 92 valence electrons. The third-order valence-electron chi connectivity index (χ3n) is 2.77. The molecule has 0 saturated carbocycles. The van der Waals surface area contributed by atoms with Gasteiger partial charge in [-0.05, 0) is 19.3 Å². The molecule has 1 aromatic heterocycles. The van der Waals surface area contributed by atoms with Gasteiger partial charge in [0.1, 0.15) is 0 Å². The van der Waals surface area contributed by atoms with Crippen molar-refractivity contribution >= 4 is 23.3 Å². The van der Waals surface area contributed by atoms with Gasteiger partial charge in [-0.2, -0.15) is 0 Å². The van der Waals surface area contributed by atoms with Crippen LogP contribution in [0.15, 0.2) is 12.4 Å². The number of likely N-dealkylation sites (tertiary alicyclic amines) is 1. The van der Waals surface area contributed by atoms with Crippen LogP contribution in [-0.4, -0.2) is 40.4 Å². The van der Waals surface area contributed by atoms with E-state index in [0.717, 1.165) is 25.9 Å². The Bertz CT molecular complexity index is 393. The number of aromatic nitrogens is 2. The second-order valence-electron chi connectivity index (χ2n) is 3.99. The number of halogens is 1. The summed E-state index contributed by atoms with van der Waals surface area (Å²) in [4.78, 5) is 21.6. The van der Waals surface area contributed by atoms with Crippen molar-refractivity contribution in [2.24, 2.45) is 0 Å². The zero-order valence-electron chi connectivity index (χ0n) is 9.53. The zero-order chi connectivity index (χ0) is 12.1. The van der Waals surface area contributed by atoms with E-state index in [1.54, 1.807) is 6.20 Å². The second kappa shape index (κ2) is 5.82. The lowest BCUT2D eigenvalue weighted by Crippen LogP contribution is -2.39. The highest BCUT2D eigenvalue weighted by molar-refractivity contribution is 6.31. The van der Waals surface area contributed by atoms with Gasteiger partial charge < -0.3 is 10.2 Å². The van der Waals surface area contributed by atoms with E-state index >= 15 is 0 Å². The van der Waals surface area contributed by atoms with Gasteiger partial charge in [0, 0.05) is 25.5 Å². The lowest BCUT2D eigenvalue weighted by molar-refractivity contribution is -0.130. The summed E-state index contributed by atoms with van der Waals surface area (Å²) in [6.45, 7) is 1.93. The predicted octanol–water partition coefficient (Wildman–Crippen LogP) is 1.55. The fourth-order valence-electron chi connectivity index (χ4n) is 1.85. The quantitative estimate of drug-likeness (QED) is 0.889. The molecule has 1 amide bonds. The molecule has 6 heteroatoms. The Balaban J connectivity index is 1.85. The maximum atomic E-state index is 11.9. The monoisotopic (exact) mass is 254 g/mol. The zero-order valence-corrected chi connectivity index (χ0v) is 10.3. The van der Waals surface area contributed by atoms with Crippen molar-refractivity contribution in [2.45, 2.75) is 19.3 Å². The highest BCUT2D eigenvalue weighted by Crippen LogP contribution is 2.14. The van der Waals surface area contributed by atoms with Crippen molar-refractivity contribution in [1.29, 1.82) is 0 Å². The predicted molar refractivity (Wildman–Crippen MR) is 66.0 cm³/mol. The van der Waals surface area contributed by atoms with E-state index in [4.69, 9.17) is 11.6 Å². The largest absolute Gasteiger partial charge is 0.358 e. The highest BCUT2D eigenvalue weighted by Gasteiger charge is 2.16. The number of anilines is 1. The molecule has 0 atom stereocenters. The molecule has 2 rings (SSSR count). The maximum absolute atomic E-state index is 11.9. The van der Waals surface area contributed by atoms with Crippen LogP contribution in [0.4, 0.5) is 5.82 Å². The van der Waals surface area contributed by atoms with Crippen LogP contribution in [0.3, 0.4) is 0 Å². The molecule has 5 nitrogen and oxygen atoms in total. The lowest BCUT2D eigenvalue weighted by Gasteiger charge is -2.26. The molecule has 0 spiro atoms.